The van der Waals surface area contributed by atoms with Gasteiger partial charge in [0.25, 0.3) is 5.56 Å². The van der Waals surface area contributed by atoms with Crippen LogP contribution in [-0.4, -0.2) is 19.1 Å². The molecular weight excluding hydrogens is 375 g/mol. The highest BCUT2D eigenvalue weighted by Crippen LogP contribution is 2.35. The van der Waals surface area contributed by atoms with Gasteiger partial charge in [0.2, 0.25) is 5.95 Å². The number of benzene rings is 1. The third-order valence-electron chi connectivity index (χ3n) is 3.92. The fourth-order valence-corrected chi connectivity index (χ4v) is 2.77. The summed E-state index contributed by atoms with van der Waals surface area (Å²) in [5.74, 6) is 0.232. The van der Waals surface area contributed by atoms with Crippen LogP contribution in [0.2, 0.25) is 5.02 Å². The highest BCUT2D eigenvalue weighted by atomic mass is 35.5. The summed E-state index contributed by atoms with van der Waals surface area (Å²) in [6, 6.07) is 3.57. The Bertz CT molecular complexity index is 1110. The number of rotatable bonds is 3. The molecule has 0 unspecified atom stereocenters. The largest absolute Gasteiger partial charge is 0.417 e. The fourth-order valence-electron chi connectivity index (χ4n) is 2.55. The molecule has 0 atom stereocenters. The summed E-state index contributed by atoms with van der Waals surface area (Å²) in [6.07, 6.45) is -4.56. The summed E-state index contributed by atoms with van der Waals surface area (Å²) in [4.78, 5) is 29.9. The number of halogens is 4. The number of nitrogens with one attached hydrogen (secondary N) is 2. The number of anilines is 1. The zero-order valence-corrected chi connectivity index (χ0v) is 14.4. The van der Waals surface area contributed by atoms with Gasteiger partial charge in [-0.2, -0.15) is 18.2 Å². The lowest BCUT2D eigenvalue weighted by molar-refractivity contribution is -0.137. The van der Waals surface area contributed by atoms with Crippen LogP contribution in [0.5, 0.6) is 0 Å². The van der Waals surface area contributed by atoms with Crippen molar-refractivity contribution in [3.63, 3.8) is 0 Å². The second-order valence-corrected chi connectivity index (χ2v) is 6.06. The zero-order chi connectivity index (χ0) is 19.2. The average molecular weight is 388 g/mol. The maximum atomic E-state index is 12.9. The molecule has 0 bridgehead atoms. The van der Waals surface area contributed by atoms with Crippen LogP contribution in [0, 0.1) is 0 Å². The van der Waals surface area contributed by atoms with E-state index in [1.54, 1.807) is 7.05 Å². The van der Waals surface area contributed by atoms with Crippen LogP contribution in [0.1, 0.15) is 11.1 Å². The molecule has 0 saturated heterocycles. The van der Waals surface area contributed by atoms with E-state index in [0.29, 0.717) is 5.56 Å². The van der Waals surface area contributed by atoms with Gasteiger partial charge in [-0.3, -0.25) is 14.3 Å². The summed E-state index contributed by atoms with van der Waals surface area (Å²) < 4.78 is 41.4. The number of aromatic amines is 1. The Balaban J connectivity index is 1.95. The minimum absolute atomic E-state index is 0.0171. The number of imidazole rings is 1. The van der Waals surface area contributed by atoms with E-state index in [-0.39, 0.29) is 28.7 Å². The van der Waals surface area contributed by atoms with Gasteiger partial charge in [0.15, 0.2) is 11.2 Å². The predicted molar refractivity (Wildman–Crippen MR) is 90.4 cm³/mol. The Morgan fingerprint density at radius 1 is 1.23 bits per heavy atom. The highest BCUT2D eigenvalue weighted by molar-refractivity contribution is 6.31. The minimum Gasteiger partial charge on any atom is -0.352 e. The number of hydrogen-bond donors (Lipinski definition) is 2. The molecule has 0 aliphatic carbocycles. The normalized spacial score (nSPS) is 11.9. The van der Waals surface area contributed by atoms with Crippen molar-refractivity contribution in [1.82, 2.24) is 19.1 Å². The summed E-state index contributed by atoms with van der Waals surface area (Å²) >= 11 is 5.60. The lowest BCUT2D eigenvalue weighted by Crippen LogP contribution is -2.29. The van der Waals surface area contributed by atoms with E-state index in [4.69, 9.17) is 11.6 Å². The van der Waals surface area contributed by atoms with E-state index in [2.05, 4.69) is 15.3 Å². The highest BCUT2D eigenvalue weighted by Gasteiger charge is 2.33. The van der Waals surface area contributed by atoms with Crippen molar-refractivity contribution in [1.29, 1.82) is 0 Å². The molecule has 2 heterocycles. The Morgan fingerprint density at radius 3 is 2.58 bits per heavy atom. The second-order valence-electron chi connectivity index (χ2n) is 5.65. The van der Waals surface area contributed by atoms with Gasteiger partial charge in [-0.15, -0.1) is 0 Å². The van der Waals surface area contributed by atoms with E-state index in [1.807, 2.05) is 0 Å². The van der Waals surface area contributed by atoms with Crippen molar-refractivity contribution in [3.05, 3.63) is 55.2 Å². The Morgan fingerprint density at radius 2 is 1.92 bits per heavy atom. The molecule has 1 aromatic carbocycles. The molecular formula is C15H13ClF3N5O2. The molecule has 3 aromatic rings. The minimum atomic E-state index is -4.56. The van der Waals surface area contributed by atoms with Crippen molar-refractivity contribution in [2.45, 2.75) is 12.7 Å². The van der Waals surface area contributed by atoms with Crippen molar-refractivity contribution < 1.29 is 13.2 Å². The monoisotopic (exact) mass is 387 g/mol. The maximum absolute atomic E-state index is 12.9. The first-order valence-electron chi connectivity index (χ1n) is 7.35. The van der Waals surface area contributed by atoms with E-state index >= 15 is 0 Å². The van der Waals surface area contributed by atoms with Gasteiger partial charge in [-0.05, 0) is 17.7 Å². The van der Waals surface area contributed by atoms with Crippen LogP contribution < -0.4 is 16.6 Å². The molecule has 0 amide bonds. The molecule has 0 spiro atoms. The number of alkyl halides is 3. The Kier molecular flexibility index (Phi) is 4.31. The molecule has 2 aromatic heterocycles. The summed E-state index contributed by atoms with van der Waals surface area (Å²) in [6.45, 7) is 0.0171. The predicted octanol–water partition coefficient (Wildman–Crippen LogP) is 2.24. The molecule has 2 N–H and O–H groups in total. The topological polar surface area (TPSA) is 84.7 Å². The zero-order valence-electron chi connectivity index (χ0n) is 13.6. The lowest BCUT2D eigenvalue weighted by atomic mass is 10.1. The number of aryl methyl sites for hydroxylation is 2. The molecule has 0 aliphatic rings. The van der Waals surface area contributed by atoms with Crippen LogP contribution in [0.25, 0.3) is 11.2 Å². The van der Waals surface area contributed by atoms with Gasteiger partial charge in [0, 0.05) is 20.6 Å². The number of aromatic nitrogens is 4. The summed E-state index contributed by atoms with van der Waals surface area (Å²) in [5, 5.41) is 2.48. The van der Waals surface area contributed by atoms with E-state index in [9.17, 15) is 22.8 Å². The molecule has 11 heteroatoms. The molecule has 7 nitrogen and oxygen atoms in total. The van der Waals surface area contributed by atoms with Crippen molar-refractivity contribution in [3.8, 4) is 0 Å². The van der Waals surface area contributed by atoms with Crippen LogP contribution >= 0.6 is 11.6 Å². The first-order chi connectivity index (χ1) is 12.1. The van der Waals surface area contributed by atoms with Crippen LogP contribution in [0.15, 0.2) is 27.8 Å². The molecule has 0 aliphatic heterocycles. The van der Waals surface area contributed by atoms with E-state index in [0.717, 1.165) is 6.07 Å². The number of hydrogen-bond acceptors (Lipinski definition) is 4. The van der Waals surface area contributed by atoms with Gasteiger partial charge >= 0.3 is 11.9 Å². The molecule has 138 valence electrons. The number of H-pyrrole nitrogens is 1. The average Bonchev–Trinajstić information content (AvgIpc) is 2.88. The van der Waals surface area contributed by atoms with E-state index < -0.39 is 23.0 Å². The third kappa shape index (κ3) is 3.07. The summed E-state index contributed by atoms with van der Waals surface area (Å²) in [7, 11) is 3.01. The van der Waals surface area contributed by atoms with Crippen molar-refractivity contribution >= 4 is 28.7 Å². The molecule has 3 rings (SSSR count). The standard InChI is InChI=1S/C15H13ClF3N5O2/c1-23-10-11(24(2)14(26)22-12(10)25)21-13(23)20-6-7-3-4-9(16)8(5-7)15(17,18)19/h3-5H,6H2,1-2H3,(H,20,21)(H,22,25,26). The summed E-state index contributed by atoms with van der Waals surface area (Å²) in [5.41, 5.74) is -1.48. The van der Waals surface area contributed by atoms with Crippen LogP contribution in [0.4, 0.5) is 19.1 Å². The van der Waals surface area contributed by atoms with Gasteiger partial charge in [-0.1, -0.05) is 17.7 Å². The SMILES string of the molecule is Cn1c(NCc2ccc(Cl)c(C(F)(F)F)c2)nc2c1c(=O)[nH]c(=O)n2C. The molecule has 26 heavy (non-hydrogen) atoms. The van der Waals surface area contributed by atoms with E-state index in [1.165, 1.54) is 28.3 Å². The van der Waals surface area contributed by atoms with Gasteiger partial charge in [0.05, 0.1) is 10.6 Å². The van der Waals surface area contributed by atoms with Gasteiger partial charge in [0.1, 0.15) is 0 Å². The Labute approximate surface area is 149 Å². The number of nitrogens with zero attached hydrogens (tertiary/aromatic N) is 3. The second kappa shape index (κ2) is 6.20. The van der Waals surface area contributed by atoms with Gasteiger partial charge in [-0.25, -0.2) is 4.79 Å². The molecule has 0 saturated carbocycles. The molecule has 0 fully saturated rings. The quantitative estimate of drug-likeness (QED) is 0.722. The first-order valence-corrected chi connectivity index (χ1v) is 7.72. The number of fused-ring (bicyclic) bond motifs is 1. The van der Waals surface area contributed by atoms with Crippen molar-refractivity contribution in [2.24, 2.45) is 14.1 Å². The smallest absolute Gasteiger partial charge is 0.352 e. The third-order valence-corrected chi connectivity index (χ3v) is 4.25. The lowest BCUT2D eigenvalue weighted by Gasteiger charge is -2.11. The van der Waals surface area contributed by atoms with Crippen molar-refractivity contribution in [2.75, 3.05) is 5.32 Å². The first kappa shape index (κ1) is 18.1. The Hall–Kier alpha value is -2.75. The maximum Gasteiger partial charge on any atom is 0.417 e. The van der Waals surface area contributed by atoms with Gasteiger partial charge < -0.3 is 9.88 Å². The van der Waals surface area contributed by atoms with Crippen LogP contribution in [0.3, 0.4) is 0 Å². The fraction of sp³-hybridized carbons (Fsp3) is 0.267. The molecule has 0 radical (unpaired) electrons. The van der Waals surface area contributed by atoms with Crippen LogP contribution in [-0.2, 0) is 26.8 Å².